The molecule has 0 unspecified atom stereocenters. The van der Waals surface area contributed by atoms with Gasteiger partial charge in [0.1, 0.15) is 5.75 Å². The van der Waals surface area contributed by atoms with E-state index in [2.05, 4.69) is 5.32 Å². The number of Topliss-reactive ketones (excluding diaryl/α,β-unsaturated/α-hetero) is 1. The predicted octanol–water partition coefficient (Wildman–Crippen LogP) is 4.09. The van der Waals surface area contributed by atoms with Crippen molar-refractivity contribution in [1.29, 1.82) is 0 Å². The van der Waals surface area contributed by atoms with Crippen LogP contribution in [0.4, 0.5) is 5.69 Å². The van der Waals surface area contributed by atoms with Gasteiger partial charge in [-0.2, -0.15) is 0 Å². The van der Waals surface area contributed by atoms with E-state index in [9.17, 15) is 14.4 Å². The Labute approximate surface area is 171 Å². The summed E-state index contributed by atoms with van der Waals surface area (Å²) in [7, 11) is 0. The summed E-state index contributed by atoms with van der Waals surface area (Å²) in [5.74, 6) is -0.541. The quantitative estimate of drug-likeness (QED) is 0.536. The Hall–Kier alpha value is -3.15. The first-order chi connectivity index (χ1) is 13.7. The van der Waals surface area contributed by atoms with Gasteiger partial charge in [0.15, 0.2) is 12.7 Å². The van der Waals surface area contributed by atoms with Crippen molar-refractivity contribution in [2.24, 2.45) is 5.92 Å². The maximum absolute atomic E-state index is 12.5. The topological polar surface area (TPSA) is 81.7 Å². The fourth-order valence-electron chi connectivity index (χ4n) is 2.68. The average molecular weight is 397 g/mol. The molecule has 0 radical (unpaired) electrons. The number of aryl methyl sites for hydroxylation is 2. The number of rotatable bonds is 8. The molecule has 0 bridgehead atoms. The molecule has 0 heterocycles. The molecule has 6 heteroatoms. The van der Waals surface area contributed by atoms with Crippen LogP contribution >= 0.6 is 0 Å². The molecular weight excluding hydrogens is 370 g/mol. The van der Waals surface area contributed by atoms with Gasteiger partial charge in [-0.05, 0) is 56.2 Å². The van der Waals surface area contributed by atoms with Crippen LogP contribution in [0.3, 0.4) is 0 Å². The number of benzene rings is 2. The lowest BCUT2D eigenvalue weighted by Crippen LogP contribution is -2.27. The molecule has 6 nitrogen and oxygen atoms in total. The summed E-state index contributed by atoms with van der Waals surface area (Å²) in [6.45, 7) is 8.64. The summed E-state index contributed by atoms with van der Waals surface area (Å²) >= 11 is 0. The van der Waals surface area contributed by atoms with Crippen LogP contribution < -0.4 is 10.1 Å². The molecule has 154 valence electrons. The number of ketones is 1. The van der Waals surface area contributed by atoms with E-state index in [1.807, 2.05) is 32.0 Å². The zero-order valence-corrected chi connectivity index (χ0v) is 17.4. The molecule has 2 aromatic rings. The fourth-order valence-corrected chi connectivity index (χ4v) is 2.68. The summed E-state index contributed by atoms with van der Waals surface area (Å²) in [4.78, 5) is 36.3. The minimum Gasteiger partial charge on any atom is -0.481 e. The molecule has 0 aromatic heterocycles. The molecule has 0 saturated heterocycles. The van der Waals surface area contributed by atoms with E-state index in [1.165, 1.54) is 6.92 Å². The van der Waals surface area contributed by atoms with Crippen molar-refractivity contribution in [3.8, 4) is 5.75 Å². The van der Waals surface area contributed by atoms with Gasteiger partial charge in [0.05, 0.1) is 0 Å². The molecule has 1 N–H and O–H groups in total. The summed E-state index contributed by atoms with van der Waals surface area (Å²) < 4.78 is 10.8. The molecule has 1 atom stereocenters. The van der Waals surface area contributed by atoms with Crippen molar-refractivity contribution in [2.75, 3.05) is 11.9 Å². The van der Waals surface area contributed by atoms with Crippen LogP contribution in [0.1, 0.15) is 42.3 Å². The van der Waals surface area contributed by atoms with Crippen molar-refractivity contribution in [1.82, 2.24) is 0 Å². The Morgan fingerprint density at radius 3 is 2.07 bits per heavy atom. The third-order valence-electron chi connectivity index (χ3n) is 4.38. The molecule has 0 saturated carbocycles. The highest BCUT2D eigenvalue weighted by Crippen LogP contribution is 2.22. The SMILES string of the molecule is Cc1cccc(C)c1OCC(=O)O[C@@H](C)C(=O)c1ccc(NC(=O)C(C)C)cc1. The molecule has 2 aromatic carbocycles. The van der Waals surface area contributed by atoms with Crippen molar-refractivity contribution >= 4 is 23.3 Å². The van der Waals surface area contributed by atoms with Gasteiger partial charge in [0.25, 0.3) is 0 Å². The minimum absolute atomic E-state index is 0.102. The van der Waals surface area contributed by atoms with Gasteiger partial charge in [-0.3, -0.25) is 9.59 Å². The van der Waals surface area contributed by atoms with Crippen LogP contribution in [0.5, 0.6) is 5.75 Å². The van der Waals surface area contributed by atoms with E-state index in [0.717, 1.165) is 11.1 Å². The van der Waals surface area contributed by atoms with Crippen LogP contribution in [-0.2, 0) is 14.3 Å². The number of hydrogen-bond acceptors (Lipinski definition) is 5. The second kappa shape index (κ2) is 9.87. The van der Waals surface area contributed by atoms with E-state index < -0.39 is 12.1 Å². The second-order valence-corrected chi connectivity index (χ2v) is 7.23. The van der Waals surface area contributed by atoms with Crippen molar-refractivity contribution < 1.29 is 23.9 Å². The number of para-hydroxylation sites is 1. The number of esters is 1. The van der Waals surface area contributed by atoms with Gasteiger partial charge in [0.2, 0.25) is 11.7 Å². The Morgan fingerprint density at radius 2 is 1.52 bits per heavy atom. The summed E-state index contributed by atoms with van der Waals surface area (Å²) in [6, 6.07) is 12.2. The second-order valence-electron chi connectivity index (χ2n) is 7.23. The van der Waals surface area contributed by atoms with E-state index >= 15 is 0 Å². The van der Waals surface area contributed by atoms with Crippen LogP contribution in [0.15, 0.2) is 42.5 Å². The number of carbonyl (C=O) groups excluding carboxylic acids is 3. The molecular formula is C23H27NO5. The lowest BCUT2D eigenvalue weighted by molar-refractivity contribution is -0.148. The maximum Gasteiger partial charge on any atom is 0.344 e. The maximum atomic E-state index is 12.5. The molecule has 29 heavy (non-hydrogen) atoms. The fraction of sp³-hybridized carbons (Fsp3) is 0.348. The number of carbonyl (C=O) groups is 3. The van der Waals surface area contributed by atoms with Crippen LogP contribution in [0.25, 0.3) is 0 Å². The Kier molecular flexibility index (Phi) is 7.53. The Morgan fingerprint density at radius 1 is 0.931 bits per heavy atom. The lowest BCUT2D eigenvalue weighted by atomic mass is 10.1. The molecule has 0 aliphatic carbocycles. The summed E-state index contributed by atoms with van der Waals surface area (Å²) in [5.41, 5.74) is 2.84. The normalized spacial score (nSPS) is 11.7. The van der Waals surface area contributed by atoms with Gasteiger partial charge >= 0.3 is 5.97 Å². The Bertz CT molecular complexity index is 866. The molecule has 1 amide bonds. The van der Waals surface area contributed by atoms with Crippen LogP contribution in [0.2, 0.25) is 0 Å². The largest absolute Gasteiger partial charge is 0.481 e. The lowest BCUT2D eigenvalue weighted by Gasteiger charge is -2.15. The minimum atomic E-state index is -0.944. The van der Waals surface area contributed by atoms with Crippen molar-refractivity contribution in [3.63, 3.8) is 0 Å². The van der Waals surface area contributed by atoms with Crippen molar-refractivity contribution in [3.05, 3.63) is 59.2 Å². The number of ether oxygens (including phenoxy) is 2. The number of nitrogens with one attached hydrogen (secondary N) is 1. The van der Waals surface area contributed by atoms with Gasteiger partial charge in [0, 0.05) is 17.2 Å². The number of amides is 1. The average Bonchev–Trinajstić information content (AvgIpc) is 2.67. The standard InChI is InChI=1S/C23H27NO5/c1-14(2)23(27)24-19-11-9-18(10-12-19)21(26)17(5)29-20(25)13-28-22-15(3)7-6-8-16(22)4/h6-12,14,17H,13H2,1-5H3,(H,24,27)/t17-/m0/s1. The van der Waals surface area contributed by atoms with E-state index in [4.69, 9.17) is 9.47 Å². The first-order valence-electron chi connectivity index (χ1n) is 9.52. The third kappa shape index (κ3) is 6.17. The third-order valence-corrected chi connectivity index (χ3v) is 4.38. The number of anilines is 1. The van der Waals surface area contributed by atoms with Crippen molar-refractivity contribution in [2.45, 2.75) is 40.7 Å². The highest BCUT2D eigenvalue weighted by atomic mass is 16.6. The number of hydrogen-bond donors (Lipinski definition) is 1. The van der Waals surface area contributed by atoms with Crippen LogP contribution in [0, 0.1) is 19.8 Å². The molecule has 0 aliphatic rings. The highest BCUT2D eigenvalue weighted by molar-refractivity contribution is 6.01. The van der Waals surface area contributed by atoms with Crippen LogP contribution in [-0.4, -0.2) is 30.4 Å². The zero-order chi connectivity index (χ0) is 21.6. The van der Waals surface area contributed by atoms with Gasteiger partial charge in [-0.25, -0.2) is 4.79 Å². The Balaban J connectivity index is 1.91. The highest BCUT2D eigenvalue weighted by Gasteiger charge is 2.20. The molecule has 0 aliphatic heterocycles. The summed E-state index contributed by atoms with van der Waals surface area (Å²) in [6.07, 6.45) is -0.944. The van der Waals surface area contributed by atoms with Gasteiger partial charge in [-0.15, -0.1) is 0 Å². The van der Waals surface area contributed by atoms with E-state index in [1.54, 1.807) is 38.1 Å². The first-order valence-corrected chi connectivity index (χ1v) is 9.52. The first kappa shape index (κ1) is 22.1. The molecule has 0 spiro atoms. The van der Waals surface area contributed by atoms with Gasteiger partial charge in [-0.1, -0.05) is 32.0 Å². The summed E-state index contributed by atoms with van der Waals surface area (Å²) in [5, 5.41) is 2.76. The molecule has 2 rings (SSSR count). The predicted molar refractivity (Wildman–Crippen MR) is 111 cm³/mol. The monoisotopic (exact) mass is 397 g/mol. The van der Waals surface area contributed by atoms with Gasteiger partial charge < -0.3 is 14.8 Å². The molecule has 0 fully saturated rings. The van der Waals surface area contributed by atoms with E-state index in [-0.39, 0.29) is 24.2 Å². The van der Waals surface area contributed by atoms with E-state index in [0.29, 0.717) is 17.0 Å². The zero-order valence-electron chi connectivity index (χ0n) is 17.4. The smallest absolute Gasteiger partial charge is 0.344 e.